The quantitative estimate of drug-likeness (QED) is 0.0243. The molecule has 0 spiro atoms. The fraction of sp³-hybridized carbons (Fsp3) is 0.891. The van der Waals surface area contributed by atoms with Crippen molar-refractivity contribution in [3.05, 3.63) is 36.5 Å². The van der Waals surface area contributed by atoms with Gasteiger partial charge >= 0.3 is 7.82 Å². The van der Waals surface area contributed by atoms with Crippen LogP contribution in [0.25, 0.3) is 0 Å². The number of carbonyl (C=O) groups is 1. The minimum atomic E-state index is -4.35. The fourth-order valence-corrected chi connectivity index (χ4v) is 10.3. The largest absolute Gasteiger partial charge is 0.472 e. The van der Waals surface area contributed by atoms with Gasteiger partial charge in [0.25, 0.3) is 0 Å². The molecule has 0 aromatic carbocycles. The maximum Gasteiger partial charge on any atom is 0.472 e. The van der Waals surface area contributed by atoms with E-state index in [0.29, 0.717) is 17.4 Å². The van der Waals surface area contributed by atoms with Gasteiger partial charge in [0.15, 0.2) is 0 Å². The molecule has 0 aliphatic carbocycles. The molecule has 3 N–H and O–H groups in total. The van der Waals surface area contributed by atoms with Gasteiger partial charge in [0, 0.05) is 6.42 Å². The number of nitrogens with zero attached hydrogens (tertiary/aromatic N) is 1. The number of aliphatic hydroxyl groups excluding tert-OH is 1. The van der Waals surface area contributed by atoms with Crippen molar-refractivity contribution in [3.63, 3.8) is 0 Å². The van der Waals surface area contributed by atoms with E-state index in [2.05, 4.69) is 43.5 Å². The van der Waals surface area contributed by atoms with Crippen LogP contribution < -0.4 is 5.32 Å². The number of hydrogen-bond acceptors (Lipinski definition) is 5. The molecule has 1 amide bonds. The van der Waals surface area contributed by atoms with Gasteiger partial charge in [-0.15, -0.1) is 0 Å². The SMILES string of the molecule is CCCCCCC/C=C\C/C=C\CCCCCCCCCCCCCCCCCCCC(=O)NC(COP(=O)(O)OCC[N+](C)(C)C)C(O)/C=C/CCCCCCCCCCCCCCCCCCCCCC. The Hall–Kier alpha value is -1.28. The molecule has 0 saturated heterocycles. The monoisotopic (exact) mass is 1050 g/mol. The van der Waals surface area contributed by atoms with Crippen molar-refractivity contribution < 1.29 is 32.9 Å². The van der Waals surface area contributed by atoms with Crippen molar-refractivity contribution in [1.29, 1.82) is 0 Å². The number of phosphoric acid groups is 1. The average molecular weight is 1050 g/mol. The lowest BCUT2D eigenvalue weighted by Crippen LogP contribution is -2.45. The number of allylic oxidation sites excluding steroid dienone is 5. The minimum absolute atomic E-state index is 0.0631. The topological polar surface area (TPSA) is 105 Å². The number of carbonyl (C=O) groups excluding carboxylic acids is 1. The number of rotatable bonds is 59. The summed E-state index contributed by atoms with van der Waals surface area (Å²) in [5.41, 5.74) is 0. The summed E-state index contributed by atoms with van der Waals surface area (Å²) in [4.78, 5) is 23.4. The molecule has 3 atom stereocenters. The van der Waals surface area contributed by atoms with Gasteiger partial charge in [0.1, 0.15) is 13.2 Å². The Bertz CT molecular complexity index is 1280. The molecule has 432 valence electrons. The molecule has 0 aliphatic heterocycles. The second kappa shape index (κ2) is 55.5. The van der Waals surface area contributed by atoms with E-state index < -0.39 is 20.0 Å². The van der Waals surface area contributed by atoms with Crippen molar-refractivity contribution >= 4 is 13.7 Å². The maximum absolute atomic E-state index is 13.0. The highest BCUT2D eigenvalue weighted by atomic mass is 31.2. The van der Waals surface area contributed by atoms with E-state index in [4.69, 9.17) is 9.05 Å². The van der Waals surface area contributed by atoms with Crippen LogP contribution in [0.5, 0.6) is 0 Å². The smallest absolute Gasteiger partial charge is 0.387 e. The third kappa shape index (κ3) is 58.2. The van der Waals surface area contributed by atoms with E-state index >= 15 is 0 Å². The highest BCUT2D eigenvalue weighted by Gasteiger charge is 2.28. The van der Waals surface area contributed by atoms with Crippen molar-refractivity contribution in [2.45, 2.75) is 328 Å². The van der Waals surface area contributed by atoms with Crippen molar-refractivity contribution in [1.82, 2.24) is 5.32 Å². The van der Waals surface area contributed by atoms with Crippen LogP contribution in [0.4, 0.5) is 0 Å². The van der Waals surface area contributed by atoms with Crippen LogP contribution in [-0.2, 0) is 18.4 Å². The molecular formula is C64H126N2O6P+. The van der Waals surface area contributed by atoms with Crippen LogP contribution in [-0.4, -0.2) is 73.4 Å². The van der Waals surface area contributed by atoms with Gasteiger partial charge in [-0.25, -0.2) is 4.57 Å². The minimum Gasteiger partial charge on any atom is -0.387 e. The zero-order valence-electron chi connectivity index (χ0n) is 49.4. The summed E-state index contributed by atoms with van der Waals surface area (Å²) < 4.78 is 23.8. The molecule has 0 bridgehead atoms. The molecule has 0 fully saturated rings. The lowest BCUT2D eigenvalue weighted by atomic mass is 10.0. The first-order valence-electron chi connectivity index (χ1n) is 31.9. The number of unbranched alkanes of at least 4 members (excludes halogenated alkanes) is 42. The lowest BCUT2D eigenvalue weighted by Gasteiger charge is -2.25. The van der Waals surface area contributed by atoms with E-state index in [1.165, 1.54) is 257 Å². The van der Waals surface area contributed by atoms with Crippen LogP contribution in [0.1, 0.15) is 316 Å². The molecule has 8 nitrogen and oxygen atoms in total. The Morgan fingerprint density at radius 2 is 0.781 bits per heavy atom. The van der Waals surface area contributed by atoms with Gasteiger partial charge in [0.2, 0.25) is 5.91 Å². The Morgan fingerprint density at radius 1 is 0.466 bits per heavy atom. The zero-order valence-corrected chi connectivity index (χ0v) is 50.3. The number of nitrogens with one attached hydrogen (secondary N) is 1. The van der Waals surface area contributed by atoms with Gasteiger partial charge in [-0.1, -0.05) is 294 Å². The second-order valence-corrected chi connectivity index (χ2v) is 24.6. The molecule has 3 unspecified atom stereocenters. The summed E-state index contributed by atoms with van der Waals surface area (Å²) >= 11 is 0. The van der Waals surface area contributed by atoms with Crippen molar-refractivity contribution in [3.8, 4) is 0 Å². The lowest BCUT2D eigenvalue weighted by molar-refractivity contribution is -0.870. The summed E-state index contributed by atoms with van der Waals surface area (Å²) in [7, 11) is 1.59. The molecule has 0 aromatic heterocycles. The summed E-state index contributed by atoms with van der Waals surface area (Å²) in [5.74, 6) is -0.172. The number of amides is 1. The number of aliphatic hydroxyl groups is 1. The molecule has 9 heteroatoms. The zero-order chi connectivity index (χ0) is 53.5. The molecule has 0 heterocycles. The maximum atomic E-state index is 13.0. The third-order valence-electron chi connectivity index (χ3n) is 14.6. The predicted molar refractivity (Wildman–Crippen MR) is 318 cm³/mol. The average Bonchev–Trinajstić information content (AvgIpc) is 3.35. The van der Waals surface area contributed by atoms with E-state index in [9.17, 15) is 19.4 Å². The predicted octanol–water partition coefficient (Wildman–Crippen LogP) is 19.7. The molecule has 0 radical (unpaired) electrons. The van der Waals surface area contributed by atoms with Crippen LogP contribution in [0.3, 0.4) is 0 Å². The molecule has 0 aliphatic rings. The molecule has 0 saturated carbocycles. The third-order valence-corrected chi connectivity index (χ3v) is 15.6. The number of quaternary nitrogens is 1. The number of phosphoric ester groups is 1. The standard InChI is InChI=1S/C64H125N2O6P/c1-6-8-10-12-14-16-18-20-22-24-26-28-30-31-32-33-34-35-36-38-40-42-44-46-48-50-52-54-56-58-64(68)65-62(61-72-73(69,70)71-60-59-66(3,4)5)63(67)57-55-53-51-49-47-45-43-41-39-37-29-27-25-23-21-19-17-15-13-11-9-7-2/h18,20,24,26,55,57,62-63,67H,6-17,19,21-23,25,27-54,56,58-61H2,1-5H3,(H-,65,68,69,70)/p+1/b20-18-,26-24-,57-55+. The van der Waals surface area contributed by atoms with E-state index in [1.54, 1.807) is 6.08 Å². The Labute approximate surface area is 455 Å². The fourth-order valence-electron chi connectivity index (χ4n) is 9.61. The van der Waals surface area contributed by atoms with Crippen molar-refractivity contribution in [2.75, 3.05) is 40.9 Å². The van der Waals surface area contributed by atoms with Gasteiger partial charge in [-0.05, 0) is 51.4 Å². The van der Waals surface area contributed by atoms with Crippen LogP contribution in [0, 0.1) is 0 Å². The first-order valence-corrected chi connectivity index (χ1v) is 33.4. The molecular weight excluding hydrogens is 924 g/mol. The number of likely N-dealkylation sites (N-methyl/N-ethyl adjacent to an activating group) is 1. The van der Waals surface area contributed by atoms with Gasteiger partial charge in [-0.2, -0.15) is 0 Å². The van der Waals surface area contributed by atoms with E-state index in [1.807, 2.05) is 27.2 Å². The Morgan fingerprint density at radius 3 is 1.12 bits per heavy atom. The van der Waals surface area contributed by atoms with Gasteiger partial charge in [0.05, 0.1) is 39.9 Å². The summed E-state index contributed by atoms with van der Waals surface area (Å²) in [5, 5.41) is 14.0. The summed E-state index contributed by atoms with van der Waals surface area (Å²) in [6.45, 7) is 4.85. The second-order valence-electron chi connectivity index (χ2n) is 23.1. The highest BCUT2D eigenvalue weighted by molar-refractivity contribution is 7.47. The summed E-state index contributed by atoms with van der Waals surface area (Å²) in [6, 6.07) is -0.846. The van der Waals surface area contributed by atoms with E-state index in [-0.39, 0.29) is 19.1 Å². The molecule has 0 aromatic rings. The Balaban J connectivity index is 4.10. The normalized spacial score (nSPS) is 14.0. The first-order chi connectivity index (χ1) is 35.5. The summed E-state index contributed by atoms with van der Waals surface area (Å²) in [6.07, 6.45) is 72.6. The first kappa shape index (κ1) is 71.7. The highest BCUT2D eigenvalue weighted by Crippen LogP contribution is 2.43. The van der Waals surface area contributed by atoms with Crippen LogP contribution in [0.15, 0.2) is 36.5 Å². The Kier molecular flexibility index (Phi) is 54.5. The molecule has 0 rings (SSSR count). The van der Waals surface area contributed by atoms with Crippen LogP contribution >= 0.6 is 7.82 Å². The van der Waals surface area contributed by atoms with E-state index in [0.717, 1.165) is 38.5 Å². The van der Waals surface area contributed by atoms with Crippen LogP contribution in [0.2, 0.25) is 0 Å². The molecule has 73 heavy (non-hydrogen) atoms. The van der Waals surface area contributed by atoms with Gasteiger partial charge < -0.3 is 19.8 Å². The van der Waals surface area contributed by atoms with Crippen molar-refractivity contribution in [2.24, 2.45) is 0 Å². The van der Waals surface area contributed by atoms with Gasteiger partial charge in [-0.3, -0.25) is 13.8 Å². The number of hydrogen-bond donors (Lipinski definition) is 3.